The van der Waals surface area contributed by atoms with E-state index in [0.717, 1.165) is 18.9 Å². The first-order chi connectivity index (χ1) is 8.46. The molecule has 1 saturated heterocycles. The summed E-state index contributed by atoms with van der Waals surface area (Å²) < 4.78 is 39.8. The van der Waals surface area contributed by atoms with Crippen LogP contribution in [0.15, 0.2) is 23.1 Å². The van der Waals surface area contributed by atoms with E-state index in [1.807, 2.05) is 0 Å². The van der Waals surface area contributed by atoms with Gasteiger partial charge in [-0.25, -0.2) is 12.8 Å². The van der Waals surface area contributed by atoms with Crippen molar-refractivity contribution in [2.45, 2.75) is 30.7 Å². The minimum atomic E-state index is -3.59. The summed E-state index contributed by atoms with van der Waals surface area (Å²) in [6.07, 6.45) is 1.70. The molecule has 1 aliphatic rings. The highest BCUT2D eigenvalue weighted by atomic mass is 79.9. The molecule has 1 atom stereocenters. The Morgan fingerprint density at radius 3 is 2.89 bits per heavy atom. The second-order valence-electron chi connectivity index (χ2n) is 4.48. The Balaban J connectivity index is 2.45. The largest absolute Gasteiger partial charge is 0.243 e. The zero-order chi connectivity index (χ0) is 13.3. The number of alkyl halides is 1. The van der Waals surface area contributed by atoms with Gasteiger partial charge in [0.1, 0.15) is 5.82 Å². The van der Waals surface area contributed by atoms with Crippen LogP contribution in [0, 0.1) is 12.7 Å². The van der Waals surface area contributed by atoms with E-state index in [0.29, 0.717) is 17.4 Å². The number of aryl methyl sites for hydroxylation is 1. The van der Waals surface area contributed by atoms with Crippen LogP contribution in [0.25, 0.3) is 0 Å². The summed E-state index contributed by atoms with van der Waals surface area (Å²) >= 11 is 3.33. The predicted molar refractivity (Wildman–Crippen MR) is 71.8 cm³/mol. The Morgan fingerprint density at radius 1 is 1.50 bits per heavy atom. The van der Waals surface area contributed by atoms with Crippen molar-refractivity contribution in [2.75, 3.05) is 11.9 Å². The Morgan fingerprint density at radius 2 is 2.22 bits per heavy atom. The number of rotatable bonds is 3. The molecular weight excluding hydrogens is 321 g/mol. The summed E-state index contributed by atoms with van der Waals surface area (Å²) in [5, 5.41) is 0.612. The molecule has 0 aromatic heterocycles. The van der Waals surface area contributed by atoms with Crippen LogP contribution >= 0.6 is 15.9 Å². The third-order valence-electron chi connectivity index (χ3n) is 3.24. The quantitative estimate of drug-likeness (QED) is 0.796. The van der Waals surface area contributed by atoms with Crippen molar-refractivity contribution >= 4 is 26.0 Å². The molecule has 0 spiro atoms. The Bertz CT molecular complexity index is 547. The molecule has 1 unspecified atom stereocenters. The lowest BCUT2D eigenvalue weighted by atomic mass is 10.2. The molecule has 0 aliphatic carbocycles. The molecule has 1 fully saturated rings. The van der Waals surface area contributed by atoms with Gasteiger partial charge < -0.3 is 0 Å². The first-order valence-electron chi connectivity index (χ1n) is 5.81. The lowest BCUT2D eigenvalue weighted by Gasteiger charge is -2.23. The maximum absolute atomic E-state index is 13.3. The van der Waals surface area contributed by atoms with Crippen molar-refractivity contribution in [2.24, 2.45) is 0 Å². The fourth-order valence-corrected chi connectivity index (χ4v) is 5.05. The molecule has 6 heteroatoms. The molecule has 1 aromatic carbocycles. The molecule has 2 rings (SSSR count). The molecule has 3 nitrogen and oxygen atoms in total. The maximum atomic E-state index is 13.3. The van der Waals surface area contributed by atoms with Gasteiger partial charge in [0.2, 0.25) is 10.0 Å². The van der Waals surface area contributed by atoms with Gasteiger partial charge in [-0.3, -0.25) is 0 Å². The van der Waals surface area contributed by atoms with Crippen LogP contribution in [0.5, 0.6) is 0 Å². The van der Waals surface area contributed by atoms with Crippen molar-refractivity contribution in [3.63, 3.8) is 0 Å². The zero-order valence-corrected chi connectivity index (χ0v) is 12.5. The number of halogens is 2. The Kier molecular flexibility index (Phi) is 4.08. The lowest BCUT2D eigenvalue weighted by Crippen LogP contribution is -2.36. The van der Waals surface area contributed by atoms with Gasteiger partial charge in [0.15, 0.2) is 0 Å². The maximum Gasteiger partial charge on any atom is 0.243 e. The SMILES string of the molecule is Cc1ccc(F)cc1S(=O)(=O)N1CCCC1CBr. The van der Waals surface area contributed by atoms with Gasteiger partial charge in [-0.15, -0.1) is 0 Å². The summed E-state index contributed by atoms with van der Waals surface area (Å²) in [5.41, 5.74) is 0.580. The molecule has 1 aliphatic heterocycles. The smallest absolute Gasteiger partial charge is 0.207 e. The number of hydrogen-bond donors (Lipinski definition) is 0. The van der Waals surface area contributed by atoms with Gasteiger partial charge in [0.25, 0.3) is 0 Å². The number of nitrogens with zero attached hydrogens (tertiary/aromatic N) is 1. The van der Waals surface area contributed by atoms with Crippen LogP contribution in [-0.2, 0) is 10.0 Å². The molecule has 100 valence electrons. The second kappa shape index (κ2) is 5.27. The van der Waals surface area contributed by atoms with E-state index in [1.165, 1.54) is 16.4 Å². The molecule has 0 N–H and O–H groups in total. The van der Waals surface area contributed by atoms with Gasteiger partial charge in [-0.05, 0) is 37.5 Å². The third kappa shape index (κ3) is 2.46. The van der Waals surface area contributed by atoms with E-state index in [9.17, 15) is 12.8 Å². The molecule has 0 bridgehead atoms. The molecule has 0 amide bonds. The Labute approximate surface area is 115 Å². The molecule has 1 heterocycles. The van der Waals surface area contributed by atoms with Crippen molar-refractivity contribution in [3.8, 4) is 0 Å². The average Bonchev–Trinajstić information content (AvgIpc) is 2.81. The van der Waals surface area contributed by atoms with Crippen molar-refractivity contribution in [1.82, 2.24) is 4.31 Å². The second-order valence-corrected chi connectivity index (χ2v) is 6.98. The van der Waals surface area contributed by atoms with Crippen LogP contribution in [0.4, 0.5) is 4.39 Å². The van der Waals surface area contributed by atoms with Gasteiger partial charge in [0, 0.05) is 17.9 Å². The minimum absolute atomic E-state index is 0.0299. The summed E-state index contributed by atoms with van der Waals surface area (Å²) in [6, 6.07) is 3.85. The molecular formula is C12H15BrFNO2S. The van der Waals surface area contributed by atoms with Gasteiger partial charge in [-0.2, -0.15) is 4.31 Å². The topological polar surface area (TPSA) is 37.4 Å². The van der Waals surface area contributed by atoms with E-state index in [1.54, 1.807) is 6.92 Å². The highest BCUT2D eigenvalue weighted by Crippen LogP contribution is 2.28. The van der Waals surface area contributed by atoms with E-state index >= 15 is 0 Å². The van der Waals surface area contributed by atoms with Crippen LogP contribution < -0.4 is 0 Å². The minimum Gasteiger partial charge on any atom is -0.207 e. The van der Waals surface area contributed by atoms with E-state index in [-0.39, 0.29) is 10.9 Å². The Hall–Kier alpha value is -0.460. The van der Waals surface area contributed by atoms with E-state index in [2.05, 4.69) is 15.9 Å². The highest BCUT2D eigenvalue weighted by Gasteiger charge is 2.35. The lowest BCUT2D eigenvalue weighted by molar-refractivity contribution is 0.413. The number of hydrogen-bond acceptors (Lipinski definition) is 2. The van der Waals surface area contributed by atoms with Gasteiger partial charge >= 0.3 is 0 Å². The molecule has 0 radical (unpaired) electrons. The standard InChI is InChI=1S/C12H15BrFNO2S/c1-9-4-5-10(14)7-12(9)18(16,17)15-6-2-3-11(15)8-13/h4-5,7,11H,2-3,6,8H2,1H3. The van der Waals surface area contributed by atoms with Gasteiger partial charge in [-0.1, -0.05) is 22.0 Å². The first kappa shape index (κ1) is 14.0. The molecule has 1 aromatic rings. The van der Waals surface area contributed by atoms with Crippen LogP contribution in [-0.4, -0.2) is 30.6 Å². The first-order valence-corrected chi connectivity index (χ1v) is 8.37. The third-order valence-corrected chi connectivity index (χ3v) is 6.08. The van der Waals surface area contributed by atoms with Crippen LogP contribution in [0.2, 0.25) is 0 Å². The monoisotopic (exact) mass is 335 g/mol. The van der Waals surface area contributed by atoms with Gasteiger partial charge in [0.05, 0.1) is 4.90 Å². The fourth-order valence-electron chi connectivity index (χ4n) is 2.26. The van der Waals surface area contributed by atoms with Crippen LogP contribution in [0.1, 0.15) is 18.4 Å². The van der Waals surface area contributed by atoms with Crippen molar-refractivity contribution in [3.05, 3.63) is 29.6 Å². The van der Waals surface area contributed by atoms with Crippen molar-refractivity contribution in [1.29, 1.82) is 0 Å². The van der Waals surface area contributed by atoms with Crippen molar-refractivity contribution < 1.29 is 12.8 Å². The summed E-state index contributed by atoms with van der Waals surface area (Å²) in [7, 11) is -3.59. The molecule has 0 saturated carbocycles. The average molecular weight is 336 g/mol. The molecule has 18 heavy (non-hydrogen) atoms. The predicted octanol–water partition coefficient (Wildman–Crippen LogP) is 2.68. The number of benzene rings is 1. The van der Waals surface area contributed by atoms with E-state index in [4.69, 9.17) is 0 Å². The summed E-state index contributed by atoms with van der Waals surface area (Å²) in [4.78, 5) is 0.0790. The van der Waals surface area contributed by atoms with Crippen LogP contribution in [0.3, 0.4) is 0 Å². The van der Waals surface area contributed by atoms with E-state index < -0.39 is 15.8 Å². The fraction of sp³-hybridized carbons (Fsp3) is 0.500. The summed E-state index contributed by atoms with van der Waals surface area (Å²) in [6.45, 7) is 2.19. The normalized spacial score (nSPS) is 21.4. The number of sulfonamides is 1. The highest BCUT2D eigenvalue weighted by molar-refractivity contribution is 9.09. The summed E-state index contributed by atoms with van der Waals surface area (Å²) in [5.74, 6) is -0.520. The zero-order valence-electron chi connectivity index (χ0n) is 10.1.